The highest BCUT2D eigenvalue weighted by Gasteiger charge is 2.33. The molecule has 1 saturated heterocycles. The van der Waals surface area contributed by atoms with E-state index < -0.39 is 6.04 Å². The van der Waals surface area contributed by atoms with Crippen molar-refractivity contribution in [1.82, 2.24) is 15.2 Å². The van der Waals surface area contributed by atoms with Crippen LogP contribution in [0.15, 0.2) is 35.8 Å². The molecule has 150 valence electrons. The molecule has 3 rings (SSSR count). The van der Waals surface area contributed by atoms with Crippen LogP contribution in [0.3, 0.4) is 0 Å². The van der Waals surface area contributed by atoms with Crippen LogP contribution in [0, 0.1) is 5.92 Å². The summed E-state index contributed by atoms with van der Waals surface area (Å²) in [7, 11) is 0. The number of benzene rings is 1. The van der Waals surface area contributed by atoms with E-state index in [1.54, 1.807) is 35.6 Å². The van der Waals surface area contributed by atoms with Gasteiger partial charge >= 0.3 is 0 Å². The Balaban J connectivity index is 1.72. The summed E-state index contributed by atoms with van der Waals surface area (Å²) in [6.07, 6.45) is 4.62. The van der Waals surface area contributed by atoms with E-state index in [0.717, 1.165) is 30.8 Å². The maximum Gasteiger partial charge on any atom is 0.251 e. The molecule has 2 amide bonds. The summed E-state index contributed by atoms with van der Waals surface area (Å²) in [5.41, 5.74) is 0.504. The van der Waals surface area contributed by atoms with Gasteiger partial charge in [-0.3, -0.25) is 9.59 Å². The molecule has 3 atom stereocenters. The van der Waals surface area contributed by atoms with Crippen molar-refractivity contribution in [2.24, 2.45) is 5.92 Å². The largest absolute Gasteiger partial charge is 0.340 e. The summed E-state index contributed by atoms with van der Waals surface area (Å²) in [6.45, 7) is 5.43. The van der Waals surface area contributed by atoms with Gasteiger partial charge in [0.1, 0.15) is 6.04 Å². The second-order valence-electron chi connectivity index (χ2n) is 7.34. The lowest BCUT2D eigenvalue weighted by molar-refractivity contribution is -0.135. The minimum Gasteiger partial charge on any atom is -0.340 e. The molecule has 1 aliphatic heterocycles. The summed E-state index contributed by atoms with van der Waals surface area (Å²) in [6, 6.07) is 6.17. The van der Waals surface area contributed by atoms with Crippen LogP contribution in [0.5, 0.6) is 0 Å². The van der Waals surface area contributed by atoms with Crippen LogP contribution in [0.25, 0.3) is 0 Å². The number of carbonyl (C=O) groups excluding carboxylic acids is 2. The van der Waals surface area contributed by atoms with E-state index in [9.17, 15) is 9.59 Å². The number of halogens is 1. The third kappa shape index (κ3) is 4.92. The number of likely N-dealkylation sites (tertiary alicyclic amines) is 1. The van der Waals surface area contributed by atoms with E-state index in [1.165, 1.54) is 0 Å². The molecule has 5 nitrogen and oxygen atoms in total. The third-order valence-corrected chi connectivity index (χ3v) is 6.60. The fraction of sp³-hybridized carbons (Fsp3) is 0.476. The van der Waals surface area contributed by atoms with Gasteiger partial charge in [-0.1, -0.05) is 31.9 Å². The van der Waals surface area contributed by atoms with E-state index in [4.69, 9.17) is 11.6 Å². The van der Waals surface area contributed by atoms with Gasteiger partial charge in [0.25, 0.3) is 5.91 Å². The second kappa shape index (κ2) is 9.52. The second-order valence-corrected chi connectivity index (χ2v) is 8.70. The number of hydrogen-bond acceptors (Lipinski definition) is 4. The summed E-state index contributed by atoms with van der Waals surface area (Å²) in [5, 5.41) is 6.60. The van der Waals surface area contributed by atoms with Crippen molar-refractivity contribution in [3.05, 3.63) is 51.4 Å². The molecule has 7 heteroatoms. The Kier molecular flexibility index (Phi) is 7.08. The standard InChI is InChI=1S/C21H26ClN3O2S/c1-3-14(2)18(24-19(26)15-6-8-17(22)9-7-15)21(27)25-11-4-5-16(13-25)20-23-10-12-28-20/h6-10,12,14,16,18H,3-5,11,13H2,1-2H3,(H,24,26). The molecule has 0 aliphatic carbocycles. The number of amides is 2. The van der Waals surface area contributed by atoms with E-state index >= 15 is 0 Å². The third-order valence-electron chi connectivity index (χ3n) is 5.41. The fourth-order valence-corrected chi connectivity index (χ4v) is 4.41. The predicted molar refractivity (Wildman–Crippen MR) is 113 cm³/mol. The maximum absolute atomic E-state index is 13.3. The number of rotatable bonds is 6. The zero-order valence-electron chi connectivity index (χ0n) is 16.2. The zero-order chi connectivity index (χ0) is 20.1. The lowest BCUT2D eigenvalue weighted by atomic mass is 9.94. The zero-order valence-corrected chi connectivity index (χ0v) is 17.8. The molecule has 1 fully saturated rings. The van der Waals surface area contributed by atoms with Crippen LogP contribution >= 0.6 is 22.9 Å². The number of hydrogen-bond donors (Lipinski definition) is 1. The van der Waals surface area contributed by atoms with E-state index in [0.29, 0.717) is 17.1 Å². The van der Waals surface area contributed by atoms with Crippen LogP contribution in [-0.4, -0.2) is 40.8 Å². The van der Waals surface area contributed by atoms with Crippen LogP contribution in [0.4, 0.5) is 0 Å². The predicted octanol–water partition coefficient (Wildman–Crippen LogP) is 4.35. The monoisotopic (exact) mass is 419 g/mol. The van der Waals surface area contributed by atoms with Gasteiger partial charge in [0.2, 0.25) is 5.91 Å². The molecule has 1 aromatic heterocycles. The van der Waals surface area contributed by atoms with Gasteiger partial charge in [0.05, 0.1) is 5.01 Å². The highest BCUT2D eigenvalue weighted by Crippen LogP contribution is 2.29. The number of thiazole rings is 1. The van der Waals surface area contributed by atoms with Crippen molar-refractivity contribution in [2.45, 2.75) is 45.1 Å². The molecule has 28 heavy (non-hydrogen) atoms. The molecular formula is C21H26ClN3O2S. The molecule has 0 bridgehead atoms. The van der Waals surface area contributed by atoms with Crippen molar-refractivity contribution >= 4 is 34.8 Å². The molecule has 0 spiro atoms. The Morgan fingerprint density at radius 2 is 2.11 bits per heavy atom. The molecule has 1 aliphatic rings. The molecular weight excluding hydrogens is 394 g/mol. The Morgan fingerprint density at radius 3 is 2.75 bits per heavy atom. The first kappa shape index (κ1) is 20.8. The average Bonchev–Trinajstić information content (AvgIpc) is 3.26. The van der Waals surface area contributed by atoms with Gasteiger partial charge in [0.15, 0.2) is 0 Å². The highest BCUT2D eigenvalue weighted by atomic mass is 35.5. The van der Waals surface area contributed by atoms with Crippen LogP contribution in [0.1, 0.15) is 54.4 Å². The Morgan fingerprint density at radius 1 is 1.36 bits per heavy atom. The molecule has 0 saturated carbocycles. The number of nitrogens with zero attached hydrogens (tertiary/aromatic N) is 2. The number of piperidine rings is 1. The molecule has 1 aromatic carbocycles. The lowest BCUT2D eigenvalue weighted by Crippen LogP contribution is -2.53. The summed E-state index contributed by atoms with van der Waals surface area (Å²) >= 11 is 7.55. The van der Waals surface area contributed by atoms with Gasteiger partial charge in [-0.15, -0.1) is 11.3 Å². The first-order valence-electron chi connectivity index (χ1n) is 9.74. The van der Waals surface area contributed by atoms with E-state index in [1.807, 2.05) is 30.3 Å². The smallest absolute Gasteiger partial charge is 0.251 e. The van der Waals surface area contributed by atoms with Crippen molar-refractivity contribution in [3.63, 3.8) is 0 Å². The lowest BCUT2D eigenvalue weighted by Gasteiger charge is -2.36. The van der Waals surface area contributed by atoms with E-state index in [-0.39, 0.29) is 23.7 Å². The number of aromatic nitrogens is 1. The minimum atomic E-state index is -0.539. The summed E-state index contributed by atoms with van der Waals surface area (Å²) < 4.78 is 0. The van der Waals surface area contributed by atoms with Gasteiger partial charge in [-0.2, -0.15) is 0 Å². The normalized spacial score (nSPS) is 19.1. The van der Waals surface area contributed by atoms with Gasteiger partial charge in [0, 0.05) is 41.2 Å². The SMILES string of the molecule is CCC(C)C(NC(=O)c1ccc(Cl)cc1)C(=O)N1CCCC(c2nccs2)C1. The molecule has 0 radical (unpaired) electrons. The maximum atomic E-state index is 13.3. The molecule has 2 heterocycles. The molecule has 2 aromatic rings. The van der Waals surface area contributed by atoms with Gasteiger partial charge < -0.3 is 10.2 Å². The van der Waals surface area contributed by atoms with E-state index in [2.05, 4.69) is 10.3 Å². The van der Waals surface area contributed by atoms with Crippen molar-refractivity contribution in [3.8, 4) is 0 Å². The van der Waals surface area contributed by atoms with Crippen molar-refractivity contribution in [2.75, 3.05) is 13.1 Å². The van der Waals surface area contributed by atoms with Gasteiger partial charge in [-0.25, -0.2) is 4.98 Å². The summed E-state index contributed by atoms with van der Waals surface area (Å²) in [4.78, 5) is 32.3. The minimum absolute atomic E-state index is 0.00193. The summed E-state index contributed by atoms with van der Waals surface area (Å²) in [5.74, 6) is 0.0768. The van der Waals surface area contributed by atoms with Crippen LogP contribution in [-0.2, 0) is 4.79 Å². The highest BCUT2D eigenvalue weighted by molar-refractivity contribution is 7.09. The van der Waals surface area contributed by atoms with Crippen LogP contribution in [0.2, 0.25) is 5.02 Å². The number of carbonyl (C=O) groups is 2. The topological polar surface area (TPSA) is 62.3 Å². The number of nitrogens with one attached hydrogen (secondary N) is 1. The quantitative estimate of drug-likeness (QED) is 0.757. The Bertz CT molecular complexity index is 794. The molecule has 1 N–H and O–H groups in total. The molecule has 3 unspecified atom stereocenters. The Hall–Kier alpha value is -1.92. The fourth-order valence-electron chi connectivity index (χ4n) is 3.52. The average molecular weight is 420 g/mol. The Labute approximate surface area is 175 Å². The first-order valence-corrected chi connectivity index (χ1v) is 11.0. The van der Waals surface area contributed by atoms with Crippen LogP contribution < -0.4 is 5.32 Å². The van der Waals surface area contributed by atoms with Gasteiger partial charge in [-0.05, 0) is 43.0 Å². The first-order chi connectivity index (χ1) is 13.5. The van der Waals surface area contributed by atoms with Crippen molar-refractivity contribution < 1.29 is 9.59 Å². The van der Waals surface area contributed by atoms with Crippen molar-refractivity contribution in [1.29, 1.82) is 0 Å².